The molecule has 1 saturated heterocycles. The standard InChI is InChI=1S/C15H20ClNO/c1-10-6-14(4-5-18-10)17-15-8-11-2-3-13(16)7-12(11)9-15/h2-3,7,10,14-15,17H,4-6,8-9H2,1H3. The van der Waals surface area contributed by atoms with Crippen molar-refractivity contribution in [2.75, 3.05) is 6.61 Å². The molecule has 98 valence electrons. The van der Waals surface area contributed by atoms with Gasteiger partial charge in [0, 0.05) is 23.7 Å². The zero-order valence-corrected chi connectivity index (χ0v) is 11.5. The lowest BCUT2D eigenvalue weighted by molar-refractivity contribution is 0.0115. The Bertz CT molecular complexity index is 435. The van der Waals surface area contributed by atoms with Crippen LogP contribution < -0.4 is 5.32 Å². The molecule has 3 atom stereocenters. The second kappa shape index (κ2) is 5.20. The van der Waals surface area contributed by atoms with Crippen molar-refractivity contribution in [2.45, 2.75) is 50.8 Å². The molecule has 1 aromatic carbocycles. The van der Waals surface area contributed by atoms with Crippen LogP contribution in [-0.4, -0.2) is 24.8 Å². The molecule has 2 aliphatic rings. The monoisotopic (exact) mass is 265 g/mol. The fourth-order valence-corrected chi connectivity index (χ4v) is 3.38. The maximum absolute atomic E-state index is 6.05. The molecule has 2 nitrogen and oxygen atoms in total. The van der Waals surface area contributed by atoms with Crippen molar-refractivity contribution in [3.63, 3.8) is 0 Å². The van der Waals surface area contributed by atoms with Gasteiger partial charge >= 0.3 is 0 Å². The Balaban J connectivity index is 1.60. The van der Waals surface area contributed by atoms with Crippen molar-refractivity contribution < 1.29 is 4.74 Å². The van der Waals surface area contributed by atoms with Crippen LogP contribution in [-0.2, 0) is 17.6 Å². The van der Waals surface area contributed by atoms with E-state index in [0.29, 0.717) is 18.2 Å². The van der Waals surface area contributed by atoms with E-state index in [4.69, 9.17) is 16.3 Å². The van der Waals surface area contributed by atoms with Gasteiger partial charge in [-0.3, -0.25) is 0 Å². The molecule has 3 unspecified atom stereocenters. The highest BCUT2D eigenvalue weighted by Gasteiger charge is 2.26. The number of ether oxygens (including phenoxy) is 1. The Labute approximate surface area is 114 Å². The Morgan fingerprint density at radius 2 is 2.06 bits per heavy atom. The molecular formula is C15H20ClNO. The maximum Gasteiger partial charge on any atom is 0.0561 e. The number of hydrogen-bond donors (Lipinski definition) is 1. The lowest BCUT2D eigenvalue weighted by Crippen LogP contribution is -2.43. The summed E-state index contributed by atoms with van der Waals surface area (Å²) in [5.41, 5.74) is 2.87. The molecule has 3 rings (SSSR count). The third-order valence-electron chi connectivity index (χ3n) is 4.06. The molecule has 0 bridgehead atoms. The van der Waals surface area contributed by atoms with E-state index in [1.807, 2.05) is 6.07 Å². The summed E-state index contributed by atoms with van der Waals surface area (Å²) in [5, 5.41) is 4.65. The van der Waals surface area contributed by atoms with Crippen LogP contribution in [0.1, 0.15) is 30.9 Å². The van der Waals surface area contributed by atoms with Gasteiger partial charge in [0.25, 0.3) is 0 Å². The Morgan fingerprint density at radius 1 is 1.22 bits per heavy atom. The Morgan fingerprint density at radius 3 is 2.89 bits per heavy atom. The maximum atomic E-state index is 6.05. The van der Waals surface area contributed by atoms with Gasteiger partial charge in [0.2, 0.25) is 0 Å². The van der Waals surface area contributed by atoms with E-state index in [1.165, 1.54) is 11.1 Å². The zero-order valence-electron chi connectivity index (χ0n) is 10.8. The van der Waals surface area contributed by atoms with Crippen molar-refractivity contribution in [2.24, 2.45) is 0 Å². The molecule has 0 amide bonds. The highest BCUT2D eigenvalue weighted by Crippen LogP contribution is 2.26. The average Bonchev–Trinajstić information content (AvgIpc) is 2.70. The van der Waals surface area contributed by atoms with Gasteiger partial charge in [0.05, 0.1) is 6.10 Å². The van der Waals surface area contributed by atoms with Gasteiger partial charge in [-0.15, -0.1) is 0 Å². The molecule has 1 N–H and O–H groups in total. The summed E-state index contributed by atoms with van der Waals surface area (Å²) in [6, 6.07) is 7.48. The van der Waals surface area contributed by atoms with Crippen molar-refractivity contribution in [3.05, 3.63) is 34.3 Å². The number of rotatable bonds is 2. The quantitative estimate of drug-likeness (QED) is 0.888. The van der Waals surface area contributed by atoms with Crippen molar-refractivity contribution in [1.29, 1.82) is 0 Å². The van der Waals surface area contributed by atoms with Crippen LogP contribution in [0.15, 0.2) is 18.2 Å². The second-order valence-corrected chi connectivity index (χ2v) is 6.02. The van der Waals surface area contributed by atoms with Crippen LogP contribution in [0, 0.1) is 0 Å². The van der Waals surface area contributed by atoms with Gasteiger partial charge in [0.1, 0.15) is 0 Å². The van der Waals surface area contributed by atoms with Gasteiger partial charge in [-0.1, -0.05) is 17.7 Å². The third kappa shape index (κ3) is 2.71. The predicted molar refractivity (Wildman–Crippen MR) is 74.2 cm³/mol. The van der Waals surface area contributed by atoms with Crippen molar-refractivity contribution in [1.82, 2.24) is 5.32 Å². The Kier molecular flexibility index (Phi) is 3.60. The lowest BCUT2D eigenvalue weighted by Gasteiger charge is -2.30. The first-order valence-corrected chi connectivity index (χ1v) is 7.23. The molecule has 0 radical (unpaired) electrons. The lowest BCUT2D eigenvalue weighted by atomic mass is 10.0. The van der Waals surface area contributed by atoms with E-state index in [-0.39, 0.29) is 0 Å². The molecule has 0 saturated carbocycles. The summed E-state index contributed by atoms with van der Waals surface area (Å²) >= 11 is 6.05. The summed E-state index contributed by atoms with van der Waals surface area (Å²) in [5.74, 6) is 0. The van der Waals surface area contributed by atoms with E-state index in [1.54, 1.807) is 0 Å². The molecule has 1 fully saturated rings. The predicted octanol–water partition coefficient (Wildman–Crippen LogP) is 2.96. The number of hydrogen-bond acceptors (Lipinski definition) is 2. The molecule has 1 aromatic rings. The van der Waals surface area contributed by atoms with Crippen LogP contribution in [0.2, 0.25) is 5.02 Å². The first kappa shape index (κ1) is 12.5. The summed E-state index contributed by atoms with van der Waals surface area (Å²) in [4.78, 5) is 0. The van der Waals surface area contributed by atoms with Gasteiger partial charge in [0.15, 0.2) is 0 Å². The van der Waals surface area contributed by atoms with E-state index < -0.39 is 0 Å². The second-order valence-electron chi connectivity index (χ2n) is 5.59. The minimum absolute atomic E-state index is 0.398. The number of fused-ring (bicyclic) bond motifs is 1. The minimum Gasteiger partial charge on any atom is -0.378 e. The molecule has 0 spiro atoms. The van der Waals surface area contributed by atoms with E-state index in [0.717, 1.165) is 37.3 Å². The summed E-state index contributed by atoms with van der Waals surface area (Å²) < 4.78 is 5.59. The molecule has 1 aliphatic heterocycles. The molecule has 0 aromatic heterocycles. The molecule has 18 heavy (non-hydrogen) atoms. The molecule has 1 heterocycles. The van der Waals surface area contributed by atoms with E-state index in [9.17, 15) is 0 Å². The molecule has 3 heteroatoms. The first-order valence-electron chi connectivity index (χ1n) is 6.85. The van der Waals surface area contributed by atoms with Gasteiger partial charge in [-0.05, 0) is 55.9 Å². The van der Waals surface area contributed by atoms with Crippen LogP contribution in [0.25, 0.3) is 0 Å². The summed E-state index contributed by atoms with van der Waals surface area (Å²) in [6.07, 6.45) is 4.92. The molecule has 1 aliphatic carbocycles. The highest BCUT2D eigenvalue weighted by atomic mass is 35.5. The number of nitrogens with one attached hydrogen (secondary N) is 1. The van der Waals surface area contributed by atoms with Gasteiger partial charge < -0.3 is 10.1 Å². The average molecular weight is 266 g/mol. The minimum atomic E-state index is 0.398. The number of halogens is 1. The molecular weight excluding hydrogens is 246 g/mol. The topological polar surface area (TPSA) is 21.3 Å². The number of benzene rings is 1. The highest BCUT2D eigenvalue weighted by molar-refractivity contribution is 6.30. The third-order valence-corrected chi connectivity index (χ3v) is 4.29. The van der Waals surface area contributed by atoms with Crippen LogP contribution in [0.5, 0.6) is 0 Å². The van der Waals surface area contributed by atoms with Gasteiger partial charge in [-0.25, -0.2) is 0 Å². The smallest absolute Gasteiger partial charge is 0.0561 e. The Hall–Kier alpha value is -0.570. The van der Waals surface area contributed by atoms with Gasteiger partial charge in [-0.2, -0.15) is 0 Å². The van der Waals surface area contributed by atoms with E-state index in [2.05, 4.69) is 24.4 Å². The normalized spacial score (nSPS) is 31.3. The van der Waals surface area contributed by atoms with Crippen LogP contribution in [0.3, 0.4) is 0 Å². The van der Waals surface area contributed by atoms with Crippen LogP contribution >= 0.6 is 11.6 Å². The first-order chi connectivity index (χ1) is 8.70. The fourth-order valence-electron chi connectivity index (χ4n) is 3.19. The summed E-state index contributed by atoms with van der Waals surface area (Å²) in [7, 11) is 0. The van der Waals surface area contributed by atoms with Crippen LogP contribution in [0.4, 0.5) is 0 Å². The van der Waals surface area contributed by atoms with Crippen molar-refractivity contribution in [3.8, 4) is 0 Å². The van der Waals surface area contributed by atoms with E-state index >= 15 is 0 Å². The summed E-state index contributed by atoms with van der Waals surface area (Å²) in [6.45, 7) is 3.06. The van der Waals surface area contributed by atoms with Crippen molar-refractivity contribution >= 4 is 11.6 Å². The fraction of sp³-hybridized carbons (Fsp3) is 0.600. The zero-order chi connectivity index (χ0) is 12.5. The SMILES string of the molecule is CC1CC(NC2Cc3ccc(Cl)cc3C2)CCO1. The largest absolute Gasteiger partial charge is 0.378 e.